The van der Waals surface area contributed by atoms with E-state index in [1.54, 1.807) is 0 Å². The molecule has 21 heavy (non-hydrogen) atoms. The molecule has 0 amide bonds. The van der Waals surface area contributed by atoms with Crippen molar-refractivity contribution >= 4 is 11.4 Å². The third kappa shape index (κ3) is 2.85. The molecule has 0 aromatic heterocycles. The van der Waals surface area contributed by atoms with Crippen LogP contribution < -0.4 is 10.6 Å². The summed E-state index contributed by atoms with van der Waals surface area (Å²) in [5, 5.41) is 16.8. The van der Waals surface area contributed by atoms with Crippen molar-refractivity contribution in [1.82, 2.24) is 5.32 Å². The minimum Gasteiger partial charge on any atom is -0.379 e. The van der Waals surface area contributed by atoms with Crippen LogP contribution in [0.25, 0.3) is 0 Å². The zero-order valence-electron chi connectivity index (χ0n) is 11.2. The van der Waals surface area contributed by atoms with Crippen LogP contribution in [0.2, 0.25) is 0 Å². The number of halogens is 1. The number of nitro groups is 1. The van der Waals surface area contributed by atoms with Crippen molar-refractivity contribution in [2.45, 2.75) is 19.6 Å². The van der Waals surface area contributed by atoms with Gasteiger partial charge in [0.15, 0.2) is 5.82 Å². The van der Waals surface area contributed by atoms with Crippen LogP contribution in [0, 0.1) is 15.9 Å². The van der Waals surface area contributed by atoms with Crippen molar-refractivity contribution in [2.24, 2.45) is 0 Å². The van der Waals surface area contributed by atoms with Crippen LogP contribution in [0.5, 0.6) is 0 Å². The molecule has 1 aliphatic rings. The second-order valence-electron chi connectivity index (χ2n) is 4.98. The summed E-state index contributed by atoms with van der Waals surface area (Å²) in [6, 6.07) is 9.77. The zero-order valence-corrected chi connectivity index (χ0v) is 11.2. The molecule has 5 nitrogen and oxygen atoms in total. The predicted molar refractivity (Wildman–Crippen MR) is 77.4 cm³/mol. The summed E-state index contributed by atoms with van der Waals surface area (Å²) in [6.07, 6.45) is 0. The van der Waals surface area contributed by atoms with E-state index in [4.69, 9.17) is 0 Å². The maximum absolute atomic E-state index is 13.8. The van der Waals surface area contributed by atoms with Crippen LogP contribution in [0.4, 0.5) is 15.8 Å². The van der Waals surface area contributed by atoms with Gasteiger partial charge in [-0.05, 0) is 22.8 Å². The number of rotatable bonds is 4. The molecule has 2 N–H and O–H groups in total. The fourth-order valence-corrected chi connectivity index (χ4v) is 2.42. The molecule has 0 spiro atoms. The number of nitrogens with one attached hydrogen (secondary N) is 2. The Balaban J connectivity index is 1.71. The lowest BCUT2D eigenvalue weighted by atomic mass is 10.1. The van der Waals surface area contributed by atoms with E-state index in [1.165, 1.54) is 23.3 Å². The SMILES string of the molecule is O=[N+]([O-])c1ccc(NCc2ccc3c(c2)CNC3)c(F)c1. The zero-order chi connectivity index (χ0) is 14.8. The van der Waals surface area contributed by atoms with Gasteiger partial charge in [0.1, 0.15) is 0 Å². The molecule has 1 aliphatic heterocycles. The first-order chi connectivity index (χ1) is 10.1. The predicted octanol–water partition coefficient (Wildman–Crippen LogP) is 2.95. The summed E-state index contributed by atoms with van der Waals surface area (Å²) in [5.41, 5.74) is 3.62. The number of benzene rings is 2. The molecule has 2 aromatic carbocycles. The van der Waals surface area contributed by atoms with Crippen LogP contribution in [-0.2, 0) is 19.6 Å². The van der Waals surface area contributed by atoms with E-state index in [2.05, 4.69) is 22.8 Å². The molecule has 2 aromatic rings. The van der Waals surface area contributed by atoms with Gasteiger partial charge in [-0.3, -0.25) is 10.1 Å². The number of fused-ring (bicyclic) bond motifs is 1. The Kier molecular flexibility index (Phi) is 3.53. The maximum atomic E-state index is 13.8. The van der Waals surface area contributed by atoms with Gasteiger partial charge < -0.3 is 10.6 Å². The number of non-ortho nitro benzene ring substituents is 1. The summed E-state index contributed by atoms with van der Waals surface area (Å²) in [4.78, 5) is 9.95. The van der Waals surface area contributed by atoms with Crippen molar-refractivity contribution < 1.29 is 9.31 Å². The van der Waals surface area contributed by atoms with E-state index in [0.29, 0.717) is 6.54 Å². The first kappa shape index (κ1) is 13.5. The van der Waals surface area contributed by atoms with Gasteiger partial charge in [-0.25, -0.2) is 4.39 Å². The first-order valence-electron chi connectivity index (χ1n) is 6.63. The Morgan fingerprint density at radius 2 is 2.00 bits per heavy atom. The average Bonchev–Trinajstić information content (AvgIpc) is 2.93. The summed E-state index contributed by atoms with van der Waals surface area (Å²) >= 11 is 0. The van der Waals surface area contributed by atoms with Crippen LogP contribution >= 0.6 is 0 Å². The third-order valence-electron chi connectivity index (χ3n) is 3.55. The molecular formula is C15H14FN3O2. The normalized spacial score (nSPS) is 13.0. The quantitative estimate of drug-likeness (QED) is 0.670. The lowest BCUT2D eigenvalue weighted by molar-refractivity contribution is -0.385. The largest absolute Gasteiger partial charge is 0.379 e. The molecule has 0 fully saturated rings. The van der Waals surface area contributed by atoms with Crippen molar-refractivity contribution in [1.29, 1.82) is 0 Å². The fourth-order valence-electron chi connectivity index (χ4n) is 2.42. The molecule has 0 atom stereocenters. The number of anilines is 1. The lowest BCUT2D eigenvalue weighted by Gasteiger charge is -2.09. The molecule has 0 saturated heterocycles. The van der Waals surface area contributed by atoms with Gasteiger partial charge in [0.25, 0.3) is 5.69 Å². The van der Waals surface area contributed by atoms with E-state index in [9.17, 15) is 14.5 Å². The minimum atomic E-state index is -0.618. The van der Waals surface area contributed by atoms with Crippen LogP contribution in [0.1, 0.15) is 16.7 Å². The summed E-state index contributed by atoms with van der Waals surface area (Å²) < 4.78 is 13.8. The van der Waals surface area contributed by atoms with Crippen molar-refractivity contribution in [2.75, 3.05) is 5.32 Å². The van der Waals surface area contributed by atoms with Crippen molar-refractivity contribution in [3.05, 3.63) is 69.0 Å². The first-order valence-corrected chi connectivity index (χ1v) is 6.63. The van der Waals surface area contributed by atoms with E-state index in [0.717, 1.165) is 24.7 Å². The topological polar surface area (TPSA) is 67.2 Å². The standard InChI is InChI=1S/C15H14FN3O2/c16-14-6-13(19(20)21)3-4-15(14)18-7-10-1-2-11-8-17-9-12(11)5-10/h1-6,17-18H,7-9H2. The van der Waals surface area contributed by atoms with Gasteiger partial charge >= 0.3 is 0 Å². The van der Waals surface area contributed by atoms with Gasteiger partial charge in [-0.1, -0.05) is 18.2 Å². The Labute approximate surface area is 120 Å². The summed E-state index contributed by atoms with van der Waals surface area (Å²) in [6.45, 7) is 2.22. The molecular weight excluding hydrogens is 273 g/mol. The summed E-state index contributed by atoms with van der Waals surface area (Å²) in [7, 11) is 0. The Morgan fingerprint density at radius 1 is 1.19 bits per heavy atom. The molecule has 0 bridgehead atoms. The van der Waals surface area contributed by atoms with Gasteiger partial charge in [-0.2, -0.15) is 0 Å². The van der Waals surface area contributed by atoms with Gasteiger partial charge in [0, 0.05) is 25.7 Å². The number of hydrogen-bond donors (Lipinski definition) is 2. The van der Waals surface area contributed by atoms with Gasteiger partial charge in [0.05, 0.1) is 16.7 Å². The van der Waals surface area contributed by atoms with E-state index < -0.39 is 10.7 Å². The highest BCUT2D eigenvalue weighted by Gasteiger charge is 2.12. The second kappa shape index (κ2) is 5.49. The van der Waals surface area contributed by atoms with Crippen LogP contribution in [-0.4, -0.2) is 4.92 Å². The Hall–Kier alpha value is -2.47. The highest BCUT2D eigenvalue weighted by atomic mass is 19.1. The molecule has 0 saturated carbocycles. The van der Waals surface area contributed by atoms with E-state index in [-0.39, 0.29) is 11.4 Å². The minimum absolute atomic E-state index is 0.248. The molecule has 0 aliphatic carbocycles. The Bertz CT molecular complexity index is 703. The number of nitro benzene ring substituents is 1. The maximum Gasteiger partial charge on any atom is 0.272 e. The highest BCUT2D eigenvalue weighted by molar-refractivity contribution is 5.50. The average molecular weight is 287 g/mol. The molecule has 108 valence electrons. The van der Waals surface area contributed by atoms with Crippen molar-refractivity contribution in [3.63, 3.8) is 0 Å². The van der Waals surface area contributed by atoms with Crippen molar-refractivity contribution in [3.8, 4) is 0 Å². The third-order valence-corrected chi connectivity index (χ3v) is 3.55. The fraction of sp³-hybridized carbons (Fsp3) is 0.200. The van der Waals surface area contributed by atoms with Crippen LogP contribution in [0.3, 0.4) is 0 Å². The van der Waals surface area contributed by atoms with Gasteiger partial charge in [0.2, 0.25) is 0 Å². The van der Waals surface area contributed by atoms with Gasteiger partial charge in [-0.15, -0.1) is 0 Å². The van der Waals surface area contributed by atoms with E-state index in [1.807, 2.05) is 6.07 Å². The molecule has 0 unspecified atom stereocenters. The molecule has 1 heterocycles. The smallest absolute Gasteiger partial charge is 0.272 e. The number of nitrogens with zero attached hydrogens (tertiary/aromatic N) is 1. The lowest BCUT2D eigenvalue weighted by Crippen LogP contribution is -2.03. The number of hydrogen-bond acceptors (Lipinski definition) is 4. The molecule has 3 rings (SSSR count). The molecule has 0 radical (unpaired) electrons. The second-order valence-corrected chi connectivity index (χ2v) is 4.98. The summed E-state index contributed by atoms with van der Waals surface area (Å²) in [5.74, 6) is -0.618. The van der Waals surface area contributed by atoms with E-state index >= 15 is 0 Å². The molecule has 6 heteroatoms. The van der Waals surface area contributed by atoms with Crippen LogP contribution in [0.15, 0.2) is 36.4 Å². The Morgan fingerprint density at radius 3 is 2.76 bits per heavy atom. The monoisotopic (exact) mass is 287 g/mol. The highest BCUT2D eigenvalue weighted by Crippen LogP contribution is 2.22.